The molecule has 5 nitrogen and oxygen atoms in total. The van der Waals surface area contributed by atoms with Crippen LogP contribution in [0.1, 0.15) is 16.7 Å². The monoisotopic (exact) mass is 340 g/mol. The van der Waals surface area contributed by atoms with Crippen molar-refractivity contribution in [3.63, 3.8) is 0 Å². The van der Waals surface area contributed by atoms with Gasteiger partial charge < -0.3 is 15.5 Å². The van der Waals surface area contributed by atoms with Crippen molar-refractivity contribution in [3.8, 4) is 0 Å². The molecular formula is C20H26N3O2+. The summed E-state index contributed by atoms with van der Waals surface area (Å²) in [5, 5.41) is 5.74. The van der Waals surface area contributed by atoms with E-state index in [2.05, 4.69) is 16.7 Å². The van der Waals surface area contributed by atoms with Crippen LogP contribution in [0.4, 0.5) is 11.4 Å². The Hall–Kier alpha value is -2.66. The fraction of sp³-hybridized carbons (Fsp3) is 0.300. The molecule has 0 radical (unpaired) electrons. The molecule has 2 aromatic rings. The number of hydrogen-bond acceptors (Lipinski definition) is 2. The van der Waals surface area contributed by atoms with Crippen LogP contribution >= 0.6 is 0 Å². The molecule has 0 heterocycles. The van der Waals surface area contributed by atoms with Crippen molar-refractivity contribution in [2.75, 3.05) is 30.8 Å². The maximum atomic E-state index is 12.2. The first-order valence-corrected chi connectivity index (χ1v) is 8.38. The second kappa shape index (κ2) is 8.44. The summed E-state index contributed by atoms with van der Waals surface area (Å²) in [6.07, 6.45) is 0. The number of carbonyl (C=O) groups is 2. The average Bonchev–Trinajstić information content (AvgIpc) is 2.47. The minimum Gasteiger partial charge on any atom is -0.322 e. The van der Waals surface area contributed by atoms with E-state index in [4.69, 9.17) is 0 Å². The van der Waals surface area contributed by atoms with Gasteiger partial charge in [0.05, 0.1) is 7.05 Å². The Morgan fingerprint density at radius 1 is 0.760 bits per heavy atom. The van der Waals surface area contributed by atoms with Crippen LogP contribution in [-0.2, 0) is 9.59 Å². The van der Waals surface area contributed by atoms with E-state index in [1.54, 1.807) is 0 Å². The van der Waals surface area contributed by atoms with E-state index in [1.165, 1.54) is 0 Å². The third-order valence-electron chi connectivity index (χ3n) is 3.77. The Balaban J connectivity index is 1.82. The summed E-state index contributed by atoms with van der Waals surface area (Å²) in [6, 6.07) is 13.6. The maximum Gasteiger partial charge on any atom is 0.279 e. The number of amides is 2. The fourth-order valence-corrected chi connectivity index (χ4v) is 2.70. The summed E-state index contributed by atoms with van der Waals surface area (Å²) in [5.41, 5.74) is 4.91. The topological polar surface area (TPSA) is 62.6 Å². The number of rotatable bonds is 6. The van der Waals surface area contributed by atoms with E-state index in [0.717, 1.165) is 33.0 Å². The molecule has 0 saturated heterocycles. The highest BCUT2D eigenvalue weighted by molar-refractivity contribution is 5.93. The van der Waals surface area contributed by atoms with E-state index in [1.807, 2.05) is 64.2 Å². The van der Waals surface area contributed by atoms with Gasteiger partial charge >= 0.3 is 0 Å². The van der Waals surface area contributed by atoms with Crippen LogP contribution in [0.2, 0.25) is 0 Å². The smallest absolute Gasteiger partial charge is 0.279 e. The van der Waals surface area contributed by atoms with Crippen LogP contribution < -0.4 is 15.5 Å². The lowest BCUT2D eigenvalue weighted by atomic mass is 10.1. The Morgan fingerprint density at radius 3 is 1.76 bits per heavy atom. The summed E-state index contributed by atoms with van der Waals surface area (Å²) < 4.78 is 0. The third-order valence-corrected chi connectivity index (χ3v) is 3.77. The van der Waals surface area contributed by atoms with Crippen LogP contribution in [0.5, 0.6) is 0 Å². The van der Waals surface area contributed by atoms with Crippen molar-refractivity contribution >= 4 is 23.2 Å². The van der Waals surface area contributed by atoms with Gasteiger partial charge in [0, 0.05) is 11.4 Å². The predicted molar refractivity (Wildman–Crippen MR) is 101 cm³/mol. The van der Waals surface area contributed by atoms with Crippen molar-refractivity contribution in [2.24, 2.45) is 0 Å². The molecule has 0 aliphatic heterocycles. The van der Waals surface area contributed by atoms with Gasteiger partial charge in [-0.05, 0) is 56.2 Å². The molecule has 2 amide bonds. The second-order valence-electron chi connectivity index (χ2n) is 6.65. The van der Waals surface area contributed by atoms with E-state index in [0.29, 0.717) is 0 Å². The highest BCUT2D eigenvalue weighted by Gasteiger charge is 2.14. The Morgan fingerprint density at radius 2 is 1.24 bits per heavy atom. The summed E-state index contributed by atoms with van der Waals surface area (Å²) in [6.45, 7) is 6.45. The Kier molecular flexibility index (Phi) is 6.31. The number of benzene rings is 2. The minimum absolute atomic E-state index is 0.106. The molecular weight excluding hydrogens is 314 g/mol. The molecule has 0 aliphatic carbocycles. The lowest BCUT2D eigenvalue weighted by Crippen LogP contribution is -3.11. The van der Waals surface area contributed by atoms with Crippen molar-refractivity contribution in [3.05, 3.63) is 59.2 Å². The van der Waals surface area contributed by atoms with Gasteiger partial charge in [0.15, 0.2) is 13.1 Å². The highest BCUT2D eigenvalue weighted by atomic mass is 16.2. The molecule has 1 atom stereocenters. The van der Waals surface area contributed by atoms with Gasteiger partial charge in [0.1, 0.15) is 0 Å². The first-order valence-electron chi connectivity index (χ1n) is 8.38. The Labute approximate surface area is 149 Å². The molecule has 5 heteroatoms. The summed E-state index contributed by atoms with van der Waals surface area (Å²) in [4.78, 5) is 25.1. The summed E-state index contributed by atoms with van der Waals surface area (Å²) in [7, 11) is 1.83. The second-order valence-corrected chi connectivity index (χ2v) is 6.65. The van der Waals surface area contributed by atoms with Gasteiger partial charge in [-0.25, -0.2) is 0 Å². The third kappa shape index (κ3) is 6.39. The zero-order chi connectivity index (χ0) is 18.4. The minimum atomic E-state index is -0.111. The van der Waals surface area contributed by atoms with E-state index >= 15 is 0 Å². The zero-order valence-electron chi connectivity index (χ0n) is 15.3. The summed E-state index contributed by atoms with van der Waals surface area (Å²) >= 11 is 0. The lowest BCUT2D eigenvalue weighted by Gasteiger charge is -2.14. The van der Waals surface area contributed by atoms with Crippen molar-refractivity contribution in [2.45, 2.75) is 20.8 Å². The van der Waals surface area contributed by atoms with E-state index < -0.39 is 0 Å². The normalized spacial score (nSPS) is 11.7. The molecule has 132 valence electrons. The number of hydrogen-bond donors (Lipinski definition) is 3. The number of carbonyl (C=O) groups excluding carboxylic acids is 2. The maximum absolute atomic E-state index is 12.2. The number of likely N-dealkylation sites (N-methyl/N-ethyl adjacent to an activating group) is 1. The SMILES string of the molecule is Cc1ccc(NC(=O)C[NH+](C)CC(=O)Nc2cc(C)cc(C)c2)cc1. The predicted octanol–water partition coefficient (Wildman–Crippen LogP) is 1.70. The largest absolute Gasteiger partial charge is 0.322 e. The first-order chi connectivity index (χ1) is 11.8. The van der Waals surface area contributed by atoms with Gasteiger partial charge in [-0.2, -0.15) is 0 Å². The number of nitrogens with one attached hydrogen (secondary N) is 3. The molecule has 3 N–H and O–H groups in total. The van der Waals surface area contributed by atoms with Gasteiger partial charge in [-0.3, -0.25) is 9.59 Å². The van der Waals surface area contributed by atoms with Crippen LogP contribution in [0.3, 0.4) is 0 Å². The van der Waals surface area contributed by atoms with Crippen molar-refractivity contribution in [1.82, 2.24) is 0 Å². The highest BCUT2D eigenvalue weighted by Crippen LogP contribution is 2.13. The molecule has 25 heavy (non-hydrogen) atoms. The fourth-order valence-electron chi connectivity index (χ4n) is 2.70. The number of quaternary nitrogens is 1. The van der Waals surface area contributed by atoms with Crippen LogP contribution in [-0.4, -0.2) is 32.0 Å². The molecule has 0 aliphatic rings. The molecule has 2 rings (SSSR count). The molecule has 0 aromatic heterocycles. The molecule has 0 spiro atoms. The van der Waals surface area contributed by atoms with E-state index in [9.17, 15) is 9.59 Å². The van der Waals surface area contributed by atoms with Gasteiger partial charge in [-0.15, -0.1) is 0 Å². The zero-order valence-corrected chi connectivity index (χ0v) is 15.3. The quantitative estimate of drug-likeness (QED) is 0.750. The average molecular weight is 340 g/mol. The number of aryl methyl sites for hydroxylation is 3. The van der Waals surface area contributed by atoms with Gasteiger partial charge in [0.2, 0.25) is 0 Å². The standard InChI is InChI=1S/C20H25N3O2/c1-14-5-7-17(8-6-14)21-19(24)12-23(4)13-20(25)22-18-10-15(2)9-16(3)11-18/h5-11H,12-13H2,1-4H3,(H,21,24)(H,22,25)/p+1. The van der Waals surface area contributed by atoms with Crippen LogP contribution in [0.25, 0.3) is 0 Å². The lowest BCUT2D eigenvalue weighted by molar-refractivity contribution is -0.862. The van der Waals surface area contributed by atoms with Gasteiger partial charge in [0.25, 0.3) is 11.8 Å². The van der Waals surface area contributed by atoms with Gasteiger partial charge in [-0.1, -0.05) is 23.8 Å². The van der Waals surface area contributed by atoms with Crippen molar-refractivity contribution < 1.29 is 14.5 Å². The summed E-state index contributed by atoms with van der Waals surface area (Å²) in [5.74, 6) is -0.216. The number of anilines is 2. The first kappa shape index (κ1) is 18.7. The molecule has 1 unspecified atom stereocenters. The molecule has 0 bridgehead atoms. The van der Waals surface area contributed by atoms with Crippen LogP contribution in [0.15, 0.2) is 42.5 Å². The molecule has 0 saturated carbocycles. The van der Waals surface area contributed by atoms with Crippen LogP contribution in [0, 0.1) is 20.8 Å². The van der Waals surface area contributed by atoms with Crippen molar-refractivity contribution in [1.29, 1.82) is 0 Å². The molecule has 0 fully saturated rings. The Bertz CT molecular complexity index is 734. The molecule has 2 aromatic carbocycles. The van der Waals surface area contributed by atoms with E-state index in [-0.39, 0.29) is 24.9 Å².